The Balaban J connectivity index is 1.64. The third kappa shape index (κ3) is 2.40. The van der Waals surface area contributed by atoms with Crippen LogP contribution >= 0.6 is 0 Å². The van der Waals surface area contributed by atoms with Crippen LogP contribution in [0.2, 0.25) is 0 Å². The minimum absolute atomic E-state index is 0.0361. The molecule has 2 aromatic heterocycles. The number of rotatable bonds is 1. The van der Waals surface area contributed by atoms with E-state index >= 15 is 0 Å². The first kappa shape index (κ1) is 15.0. The van der Waals surface area contributed by atoms with Crippen LogP contribution in [-0.2, 0) is 18.4 Å². The lowest BCUT2D eigenvalue weighted by molar-refractivity contribution is 0.0729. The highest BCUT2D eigenvalue weighted by Gasteiger charge is 2.30. The summed E-state index contributed by atoms with van der Waals surface area (Å²) in [5, 5.41) is 1.05. The molecule has 3 heterocycles. The second-order valence-electron chi connectivity index (χ2n) is 7.36. The van der Waals surface area contributed by atoms with Crippen molar-refractivity contribution in [3.8, 4) is 0 Å². The average Bonchev–Trinajstić information content (AvgIpc) is 3.18. The lowest BCUT2D eigenvalue weighted by atomic mass is 9.97. The van der Waals surface area contributed by atoms with Gasteiger partial charge in [-0.15, -0.1) is 0 Å². The topological polar surface area (TPSA) is 62.1 Å². The highest BCUT2D eigenvalue weighted by atomic mass is 16.4. The maximum Gasteiger partial charge on any atom is 0.256 e. The zero-order chi connectivity index (χ0) is 16.9. The Kier molecular flexibility index (Phi) is 3.27. The zero-order valence-electron chi connectivity index (χ0n) is 14.2. The second-order valence-corrected chi connectivity index (χ2v) is 7.36. The molecule has 1 aliphatic heterocycles. The van der Waals surface area contributed by atoms with Crippen molar-refractivity contribution in [3.05, 3.63) is 53.4 Å². The fraction of sp³-hybridized carbons (Fsp3) is 0.368. The molecular formula is C19H21N3O2. The van der Waals surface area contributed by atoms with E-state index in [1.165, 1.54) is 0 Å². The standard InChI is InChI=1S/C19H21N3O2/c1-19(2,3)18-21-14-11-22(10-8-15(14)24-18)17(23)13-6-4-5-12-7-9-20-16(12)13/h4-7,9,20H,8,10-11H2,1-3H3. The molecule has 0 saturated carbocycles. The number of hydrogen-bond acceptors (Lipinski definition) is 3. The van der Waals surface area contributed by atoms with Gasteiger partial charge >= 0.3 is 0 Å². The molecule has 0 atom stereocenters. The van der Waals surface area contributed by atoms with E-state index in [0.717, 1.165) is 28.2 Å². The van der Waals surface area contributed by atoms with Gasteiger partial charge in [0.05, 0.1) is 17.6 Å². The summed E-state index contributed by atoms with van der Waals surface area (Å²) in [5.41, 5.74) is 2.37. The van der Waals surface area contributed by atoms with Gasteiger partial charge in [0.1, 0.15) is 11.5 Å². The van der Waals surface area contributed by atoms with Gasteiger partial charge in [-0.05, 0) is 12.1 Å². The van der Waals surface area contributed by atoms with Crippen LogP contribution in [0.25, 0.3) is 10.9 Å². The number of H-pyrrole nitrogens is 1. The van der Waals surface area contributed by atoms with Crippen molar-refractivity contribution in [2.24, 2.45) is 0 Å². The number of fused-ring (bicyclic) bond motifs is 2. The van der Waals surface area contributed by atoms with Crippen molar-refractivity contribution in [3.63, 3.8) is 0 Å². The normalized spacial score (nSPS) is 14.9. The first-order chi connectivity index (χ1) is 11.4. The third-order valence-corrected chi connectivity index (χ3v) is 4.47. The Morgan fingerprint density at radius 3 is 2.92 bits per heavy atom. The van der Waals surface area contributed by atoms with E-state index in [0.29, 0.717) is 25.1 Å². The third-order valence-electron chi connectivity index (χ3n) is 4.47. The van der Waals surface area contributed by atoms with Crippen LogP contribution in [0.4, 0.5) is 0 Å². The number of nitrogens with one attached hydrogen (secondary N) is 1. The first-order valence-electron chi connectivity index (χ1n) is 8.28. The Morgan fingerprint density at radius 1 is 1.29 bits per heavy atom. The van der Waals surface area contributed by atoms with Gasteiger partial charge in [0.15, 0.2) is 5.89 Å². The molecule has 4 rings (SSSR count). The van der Waals surface area contributed by atoms with Crippen LogP contribution in [0.15, 0.2) is 34.9 Å². The summed E-state index contributed by atoms with van der Waals surface area (Å²) in [4.78, 5) is 22.6. The van der Waals surface area contributed by atoms with E-state index in [-0.39, 0.29) is 11.3 Å². The molecule has 5 heteroatoms. The summed E-state index contributed by atoms with van der Waals surface area (Å²) in [6.45, 7) is 7.41. The Labute approximate surface area is 140 Å². The van der Waals surface area contributed by atoms with Gasteiger partial charge in [-0.25, -0.2) is 4.98 Å². The molecule has 0 fully saturated rings. The minimum Gasteiger partial charge on any atom is -0.445 e. The van der Waals surface area contributed by atoms with E-state index in [4.69, 9.17) is 4.42 Å². The summed E-state index contributed by atoms with van der Waals surface area (Å²) in [6.07, 6.45) is 2.58. The zero-order valence-corrected chi connectivity index (χ0v) is 14.2. The van der Waals surface area contributed by atoms with Crippen molar-refractivity contribution in [2.45, 2.75) is 39.2 Å². The molecule has 0 radical (unpaired) electrons. The van der Waals surface area contributed by atoms with Gasteiger partial charge in [-0.2, -0.15) is 0 Å². The number of nitrogens with zero attached hydrogens (tertiary/aromatic N) is 2. The van der Waals surface area contributed by atoms with E-state index in [1.807, 2.05) is 35.4 Å². The molecule has 124 valence electrons. The number of aromatic nitrogens is 2. The predicted molar refractivity (Wildman–Crippen MR) is 91.9 cm³/mol. The second kappa shape index (κ2) is 5.23. The summed E-state index contributed by atoms with van der Waals surface area (Å²) in [7, 11) is 0. The summed E-state index contributed by atoms with van der Waals surface area (Å²) >= 11 is 0. The Hall–Kier alpha value is -2.56. The molecule has 0 spiro atoms. The van der Waals surface area contributed by atoms with Crippen molar-refractivity contribution in [1.29, 1.82) is 0 Å². The number of para-hydroxylation sites is 1. The van der Waals surface area contributed by atoms with Gasteiger partial charge in [0, 0.05) is 30.0 Å². The lowest BCUT2D eigenvalue weighted by Crippen LogP contribution is -2.36. The summed E-state index contributed by atoms with van der Waals surface area (Å²) in [5.74, 6) is 1.70. The van der Waals surface area contributed by atoms with E-state index < -0.39 is 0 Å². The van der Waals surface area contributed by atoms with Crippen LogP contribution in [0.1, 0.15) is 48.5 Å². The molecule has 3 aromatic rings. The lowest BCUT2D eigenvalue weighted by Gasteiger charge is -2.25. The van der Waals surface area contributed by atoms with Crippen LogP contribution in [0.3, 0.4) is 0 Å². The monoisotopic (exact) mass is 323 g/mol. The van der Waals surface area contributed by atoms with Crippen LogP contribution in [0, 0.1) is 0 Å². The largest absolute Gasteiger partial charge is 0.445 e. The Bertz CT molecular complexity index is 914. The maximum absolute atomic E-state index is 13.0. The van der Waals surface area contributed by atoms with Crippen LogP contribution in [-0.4, -0.2) is 27.3 Å². The molecule has 1 aliphatic rings. The average molecular weight is 323 g/mol. The number of carbonyl (C=O) groups excluding carboxylic acids is 1. The van der Waals surface area contributed by atoms with Gasteiger partial charge in [0.2, 0.25) is 0 Å². The summed E-state index contributed by atoms with van der Waals surface area (Å²) < 4.78 is 5.91. The number of hydrogen-bond donors (Lipinski definition) is 1. The number of oxazole rings is 1. The summed E-state index contributed by atoms with van der Waals surface area (Å²) in [6, 6.07) is 7.78. The fourth-order valence-electron chi connectivity index (χ4n) is 3.13. The molecule has 5 nitrogen and oxygen atoms in total. The number of amides is 1. The molecule has 1 N–H and O–H groups in total. The SMILES string of the molecule is CC(C)(C)c1nc2c(o1)CCN(C(=O)c1cccc3cc[nH]c13)C2. The highest BCUT2D eigenvalue weighted by Crippen LogP contribution is 2.28. The van der Waals surface area contributed by atoms with Crippen molar-refractivity contribution < 1.29 is 9.21 Å². The van der Waals surface area contributed by atoms with Crippen LogP contribution in [0.5, 0.6) is 0 Å². The minimum atomic E-state index is -0.123. The molecule has 0 aliphatic carbocycles. The van der Waals surface area contributed by atoms with Gasteiger partial charge in [-0.3, -0.25) is 4.79 Å². The fourth-order valence-corrected chi connectivity index (χ4v) is 3.13. The first-order valence-corrected chi connectivity index (χ1v) is 8.28. The molecule has 1 aromatic carbocycles. The number of aromatic amines is 1. The van der Waals surface area contributed by atoms with Gasteiger partial charge < -0.3 is 14.3 Å². The van der Waals surface area contributed by atoms with Gasteiger partial charge in [0.25, 0.3) is 5.91 Å². The van der Waals surface area contributed by atoms with E-state index in [1.54, 1.807) is 0 Å². The van der Waals surface area contributed by atoms with Crippen molar-refractivity contribution >= 4 is 16.8 Å². The quantitative estimate of drug-likeness (QED) is 0.743. The van der Waals surface area contributed by atoms with Crippen molar-refractivity contribution in [2.75, 3.05) is 6.54 Å². The molecule has 1 amide bonds. The van der Waals surface area contributed by atoms with E-state index in [9.17, 15) is 4.79 Å². The van der Waals surface area contributed by atoms with Crippen LogP contribution < -0.4 is 0 Å². The molecule has 0 saturated heterocycles. The van der Waals surface area contributed by atoms with E-state index in [2.05, 4.69) is 30.7 Å². The molecule has 24 heavy (non-hydrogen) atoms. The van der Waals surface area contributed by atoms with Crippen molar-refractivity contribution in [1.82, 2.24) is 14.9 Å². The number of carbonyl (C=O) groups is 1. The number of benzene rings is 1. The molecule has 0 unspecified atom stereocenters. The van der Waals surface area contributed by atoms with Gasteiger partial charge in [-0.1, -0.05) is 32.9 Å². The smallest absolute Gasteiger partial charge is 0.256 e. The molecule has 0 bridgehead atoms. The Morgan fingerprint density at radius 2 is 2.12 bits per heavy atom. The highest BCUT2D eigenvalue weighted by molar-refractivity contribution is 6.05. The maximum atomic E-state index is 13.0. The molecular weight excluding hydrogens is 302 g/mol. The predicted octanol–water partition coefficient (Wildman–Crippen LogP) is 3.65.